The van der Waals surface area contributed by atoms with E-state index in [1.807, 2.05) is 0 Å². The molecule has 0 spiro atoms. The zero-order valence-corrected chi connectivity index (χ0v) is 9.63. The van der Waals surface area contributed by atoms with Gasteiger partial charge in [-0.3, -0.25) is 0 Å². The second-order valence-corrected chi connectivity index (χ2v) is 4.81. The fourth-order valence-corrected chi connectivity index (χ4v) is 2.58. The van der Waals surface area contributed by atoms with E-state index in [9.17, 15) is 8.60 Å². The summed E-state index contributed by atoms with van der Waals surface area (Å²) in [5, 5.41) is 0.542. The molecule has 0 aliphatic heterocycles. The molecule has 2 aromatic rings. The van der Waals surface area contributed by atoms with Gasteiger partial charge in [0.25, 0.3) is 0 Å². The number of nitrogens with zero attached hydrogens (tertiary/aromatic N) is 1. The van der Waals surface area contributed by atoms with E-state index in [0.29, 0.717) is 9.92 Å². The predicted octanol–water partition coefficient (Wildman–Crippen LogP) is 3.04. The Bertz CT molecular complexity index is 533. The molecule has 1 atom stereocenters. The summed E-state index contributed by atoms with van der Waals surface area (Å²) in [7, 11) is -1.48. The van der Waals surface area contributed by atoms with E-state index in [0.717, 1.165) is 6.07 Å². The monoisotopic (exact) mass is 255 g/mol. The third-order valence-corrected chi connectivity index (χ3v) is 3.72. The Kier molecular flexibility index (Phi) is 3.31. The maximum Gasteiger partial charge on any atom is 0.132 e. The van der Waals surface area contributed by atoms with E-state index < -0.39 is 16.6 Å². The van der Waals surface area contributed by atoms with Crippen molar-refractivity contribution in [2.75, 3.05) is 0 Å². The van der Waals surface area contributed by atoms with Crippen LogP contribution in [0, 0.1) is 5.82 Å². The minimum Gasteiger partial charge on any atom is -0.247 e. The van der Waals surface area contributed by atoms with Gasteiger partial charge in [-0.25, -0.2) is 13.6 Å². The summed E-state index contributed by atoms with van der Waals surface area (Å²) < 4.78 is 24.8. The van der Waals surface area contributed by atoms with Crippen molar-refractivity contribution in [3.8, 4) is 0 Å². The Morgan fingerprint density at radius 2 is 2.06 bits per heavy atom. The summed E-state index contributed by atoms with van der Waals surface area (Å²) in [4.78, 5) is 4.33. The quantitative estimate of drug-likeness (QED) is 0.826. The first-order chi connectivity index (χ1) is 7.68. The van der Waals surface area contributed by atoms with E-state index in [2.05, 4.69) is 4.98 Å². The van der Waals surface area contributed by atoms with E-state index in [4.69, 9.17) is 11.6 Å². The Labute approximate surface area is 99.6 Å². The Morgan fingerprint density at radius 1 is 1.25 bits per heavy atom. The van der Waals surface area contributed by atoms with Gasteiger partial charge in [0.2, 0.25) is 0 Å². The van der Waals surface area contributed by atoms with Crippen LogP contribution in [0.1, 0.15) is 0 Å². The van der Waals surface area contributed by atoms with Gasteiger partial charge in [-0.2, -0.15) is 0 Å². The number of hydrogen-bond donors (Lipinski definition) is 0. The van der Waals surface area contributed by atoms with Gasteiger partial charge in [-0.05, 0) is 30.3 Å². The molecule has 0 bridgehead atoms. The molecule has 0 saturated carbocycles. The first kappa shape index (κ1) is 11.2. The summed E-state index contributed by atoms with van der Waals surface area (Å²) in [6, 6.07) is 8.86. The second-order valence-electron chi connectivity index (χ2n) is 3.01. The molecule has 5 heteroatoms. The van der Waals surface area contributed by atoms with Gasteiger partial charge in [0.05, 0.1) is 9.92 Å². The second kappa shape index (κ2) is 4.72. The van der Waals surface area contributed by atoms with E-state index in [1.165, 1.54) is 12.1 Å². The van der Waals surface area contributed by atoms with Gasteiger partial charge in [-0.1, -0.05) is 17.7 Å². The van der Waals surface area contributed by atoms with Crippen molar-refractivity contribution >= 4 is 22.4 Å². The molecule has 1 aromatic carbocycles. The molecule has 0 radical (unpaired) electrons. The van der Waals surface area contributed by atoms with Crippen molar-refractivity contribution in [1.29, 1.82) is 0 Å². The van der Waals surface area contributed by atoms with Crippen LogP contribution in [0.25, 0.3) is 0 Å². The molecule has 0 fully saturated rings. The van der Waals surface area contributed by atoms with Crippen LogP contribution >= 0.6 is 11.6 Å². The minimum atomic E-state index is -1.48. The van der Waals surface area contributed by atoms with Crippen LogP contribution in [0.5, 0.6) is 0 Å². The predicted molar refractivity (Wildman–Crippen MR) is 60.3 cm³/mol. The lowest BCUT2D eigenvalue weighted by Gasteiger charge is -2.03. The molecule has 1 unspecified atom stereocenters. The molecule has 0 amide bonds. The molecular formula is C11H7ClFNOS. The number of hydrogen-bond acceptors (Lipinski definition) is 2. The standard InChI is InChI=1S/C11H7ClFNOS/c12-9-7-8(13)4-5-10(9)16(15)11-3-1-2-6-14-11/h1-7H. The first-order valence-corrected chi connectivity index (χ1v) is 5.99. The van der Waals surface area contributed by atoms with Crippen molar-refractivity contribution < 1.29 is 8.60 Å². The average Bonchev–Trinajstić information content (AvgIpc) is 2.29. The summed E-state index contributed by atoms with van der Waals surface area (Å²) >= 11 is 5.81. The minimum absolute atomic E-state index is 0.143. The molecule has 1 heterocycles. The van der Waals surface area contributed by atoms with Crippen molar-refractivity contribution in [3.05, 3.63) is 53.4 Å². The molecule has 0 saturated heterocycles. The Hall–Kier alpha value is -1.26. The van der Waals surface area contributed by atoms with Crippen molar-refractivity contribution in [2.24, 2.45) is 0 Å². The summed E-state index contributed by atoms with van der Waals surface area (Å²) in [6.07, 6.45) is 1.55. The van der Waals surface area contributed by atoms with E-state index >= 15 is 0 Å². The highest BCUT2D eigenvalue weighted by Crippen LogP contribution is 2.23. The van der Waals surface area contributed by atoms with Crippen molar-refractivity contribution in [2.45, 2.75) is 9.92 Å². The number of halogens is 2. The first-order valence-electron chi connectivity index (χ1n) is 4.46. The highest BCUT2D eigenvalue weighted by molar-refractivity contribution is 7.85. The van der Waals surface area contributed by atoms with Crippen LogP contribution in [-0.4, -0.2) is 9.19 Å². The van der Waals surface area contributed by atoms with Crippen molar-refractivity contribution in [1.82, 2.24) is 4.98 Å². The van der Waals surface area contributed by atoms with Gasteiger partial charge in [0.15, 0.2) is 0 Å². The maximum absolute atomic E-state index is 12.8. The third-order valence-electron chi connectivity index (χ3n) is 1.92. The van der Waals surface area contributed by atoms with Gasteiger partial charge in [0, 0.05) is 6.20 Å². The largest absolute Gasteiger partial charge is 0.247 e. The molecule has 0 aliphatic rings. The van der Waals surface area contributed by atoms with Gasteiger partial charge < -0.3 is 0 Å². The van der Waals surface area contributed by atoms with Crippen LogP contribution in [0.4, 0.5) is 4.39 Å². The zero-order valence-electron chi connectivity index (χ0n) is 8.06. The van der Waals surface area contributed by atoms with Crippen LogP contribution in [0.2, 0.25) is 5.02 Å². The molecule has 82 valence electrons. The van der Waals surface area contributed by atoms with Gasteiger partial charge in [-0.15, -0.1) is 0 Å². The summed E-state index contributed by atoms with van der Waals surface area (Å²) in [5.41, 5.74) is 0. The summed E-state index contributed by atoms with van der Waals surface area (Å²) in [5.74, 6) is -0.452. The topological polar surface area (TPSA) is 30.0 Å². The Morgan fingerprint density at radius 3 is 2.69 bits per heavy atom. The lowest BCUT2D eigenvalue weighted by atomic mass is 10.3. The number of benzene rings is 1. The molecule has 2 nitrogen and oxygen atoms in total. The highest BCUT2D eigenvalue weighted by Gasteiger charge is 2.12. The molecule has 0 aliphatic carbocycles. The number of pyridine rings is 1. The molecule has 1 aromatic heterocycles. The molecule has 0 N–H and O–H groups in total. The van der Waals surface area contributed by atoms with E-state index in [-0.39, 0.29) is 5.02 Å². The lowest BCUT2D eigenvalue weighted by molar-refractivity contribution is 0.626. The maximum atomic E-state index is 12.8. The Balaban J connectivity index is 2.42. The number of aromatic nitrogens is 1. The highest BCUT2D eigenvalue weighted by atomic mass is 35.5. The third kappa shape index (κ3) is 2.28. The average molecular weight is 256 g/mol. The zero-order chi connectivity index (χ0) is 11.5. The molecule has 2 rings (SSSR count). The molecule has 16 heavy (non-hydrogen) atoms. The smallest absolute Gasteiger partial charge is 0.132 e. The number of rotatable bonds is 2. The van der Waals surface area contributed by atoms with Crippen LogP contribution < -0.4 is 0 Å². The summed E-state index contributed by atoms with van der Waals surface area (Å²) in [6.45, 7) is 0. The normalized spacial score (nSPS) is 12.4. The van der Waals surface area contributed by atoms with E-state index in [1.54, 1.807) is 24.4 Å². The fraction of sp³-hybridized carbons (Fsp3) is 0. The SMILES string of the molecule is O=S(c1ccccn1)c1ccc(F)cc1Cl. The van der Waals surface area contributed by atoms with Crippen molar-refractivity contribution in [3.63, 3.8) is 0 Å². The van der Waals surface area contributed by atoms with Gasteiger partial charge >= 0.3 is 0 Å². The van der Waals surface area contributed by atoms with Crippen LogP contribution in [0.3, 0.4) is 0 Å². The molecular weight excluding hydrogens is 249 g/mol. The lowest BCUT2D eigenvalue weighted by Crippen LogP contribution is -1.96. The van der Waals surface area contributed by atoms with Gasteiger partial charge in [0.1, 0.15) is 21.6 Å². The van der Waals surface area contributed by atoms with Crippen LogP contribution in [-0.2, 0) is 10.8 Å². The fourth-order valence-electron chi connectivity index (χ4n) is 1.19. The van der Waals surface area contributed by atoms with Crippen LogP contribution in [0.15, 0.2) is 52.5 Å².